The zero-order valence-corrected chi connectivity index (χ0v) is 27.0. The monoisotopic (exact) mass is 639 g/mol. The number of nitrogens with zero attached hydrogens (tertiary/aromatic N) is 3. The normalized spacial score (nSPS) is 11.7. The van der Waals surface area contributed by atoms with Crippen LogP contribution in [0, 0.1) is 11.3 Å². The molecule has 10 rings (SSSR count). The van der Waals surface area contributed by atoms with Gasteiger partial charge in [-0.05, 0) is 85.9 Å². The molecule has 2 aromatic heterocycles. The van der Waals surface area contributed by atoms with E-state index in [1.54, 1.807) is 11.3 Å². The van der Waals surface area contributed by atoms with E-state index < -0.39 is 0 Å². The molecule has 0 bridgehead atoms. The third-order valence-corrected chi connectivity index (χ3v) is 10.8. The molecular formula is C45H25N3S. The molecule has 0 atom stereocenters. The summed E-state index contributed by atoms with van der Waals surface area (Å²) in [6.07, 6.45) is 0. The molecular weight excluding hydrogens is 615 g/mol. The number of benzene rings is 8. The molecule has 0 aliphatic heterocycles. The van der Waals surface area contributed by atoms with Crippen molar-refractivity contribution in [3.63, 3.8) is 0 Å². The van der Waals surface area contributed by atoms with E-state index in [-0.39, 0.29) is 0 Å². The predicted molar refractivity (Wildman–Crippen MR) is 205 cm³/mol. The topological polar surface area (TPSA) is 49.6 Å². The van der Waals surface area contributed by atoms with E-state index in [4.69, 9.17) is 9.97 Å². The highest BCUT2D eigenvalue weighted by Crippen LogP contribution is 2.44. The van der Waals surface area contributed by atoms with E-state index in [1.165, 1.54) is 52.8 Å². The minimum absolute atomic E-state index is 0.685. The number of nitriles is 1. The number of thiophene rings is 1. The number of aromatic nitrogens is 2. The third-order valence-electron chi connectivity index (χ3n) is 9.68. The van der Waals surface area contributed by atoms with Crippen molar-refractivity contribution in [3.8, 4) is 51.1 Å². The van der Waals surface area contributed by atoms with Crippen LogP contribution in [0.5, 0.6) is 0 Å². The van der Waals surface area contributed by atoms with Crippen molar-refractivity contribution in [2.45, 2.75) is 0 Å². The van der Waals surface area contributed by atoms with E-state index >= 15 is 0 Å². The molecule has 0 saturated carbocycles. The van der Waals surface area contributed by atoms with Crippen LogP contribution in [0.3, 0.4) is 0 Å². The molecule has 0 spiro atoms. The Hall–Kier alpha value is -6.41. The van der Waals surface area contributed by atoms with E-state index in [2.05, 4.69) is 133 Å². The Balaban J connectivity index is 1.20. The van der Waals surface area contributed by atoms with E-state index in [0.29, 0.717) is 11.4 Å². The molecule has 0 N–H and O–H groups in total. The van der Waals surface area contributed by atoms with Gasteiger partial charge >= 0.3 is 0 Å². The van der Waals surface area contributed by atoms with Crippen LogP contribution in [-0.4, -0.2) is 9.97 Å². The number of fused-ring (bicyclic) bond motifs is 3. The Bertz CT molecular complexity index is 2880. The molecule has 226 valence electrons. The Labute approximate surface area is 286 Å². The van der Waals surface area contributed by atoms with Gasteiger partial charge in [0.15, 0.2) is 5.82 Å². The first-order valence-electron chi connectivity index (χ1n) is 16.3. The first-order chi connectivity index (χ1) is 24.2. The van der Waals surface area contributed by atoms with Crippen LogP contribution in [0.15, 0.2) is 152 Å². The lowest BCUT2D eigenvalue weighted by molar-refractivity contribution is 1.19. The number of rotatable bonds is 4. The second-order valence-corrected chi connectivity index (χ2v) is 13.6. The SMILES string of the molecule is N#Cc1ccc2sc3ccc(-c4ccc5ccc6c(-c7nc(-c8ccccc8)cc(-c8ccccc8)n7)ccc7ccc4c5c76)cc3c2c1. The average Bonchev–Trinajstić information content (AvgIpc) is 3.54. The molecule has 0 radical (unpaired) electrons. The zero-order chi connectivity index (χ0) is 32.5. The third kappa shape index (κ3) is 4.41. The predicted octanol–water partition coefficient (Wildman–Crippen LogP) is 12.3. The lowest BCUT2D eigenvalue weighted by Gasteiger charge is -2.17. The van der Waals surface area contributed by atoms with Gasteiger partial charge in [0.2, 0.25) is 0 Å². The van der Waals surface area contributed by atoms with Crippen LogP contribution in [0.25, 0.3) is 97.5 Å². The summed E-state index contributed by atoms with van der Waals surface area (Å²) in [4.78, 5) is 10.4. The van der Waals surface area contributed by atoms with Gasteiger partial charge in [0, 0.05) is 36.9 Å². The highest BCUT2D eigenvalue weighted by molar-refractivity contribution is 7.25. The quantitative estimate of drug-likeness (QED) is 0.180. The fraction of sp³-hybridized carbons (Fsp3) is 0. The summed E-state index contributed by atoms with van der Waals surface area (Å²) in [5.74, 6) is 0.713. The van der Waals surface area contributed by atoms with Crippen molar-refractivity contribution in [2.75, 3.05) is 0 Å². The first-order valence-corrected chi connectivity index (χ1v) is 17.1. The molecule has 0 aliphatic rings. The maximum absolute atomic E-state index is 9.56. The van der Waals surface area contributed by atoms with E-state index in [1.807, 2.05) is 24.3 Å². The first kappa shape index (κ1) is 27.7. The molecule has 0 fully saturated rings. The van der Waals surface area contributed by atoms with Crippen molar-refractivity contribution in [1.29, 1.82) is 5.26 Å². The summed E-state index contributed by atoms with van der Waals surface area (Å²) >= 11 is 1.77. The highest BCUT2D eigenvalue weighted by atomic mass is 32.1. The largest absolute Gasteiger partial charge is 0.228 e. The Morgan fingerprint density at radius 1 is 0.449 bits per heavy atom. The van der Waals surface area contributed by atoms with Crippen molar-refractivity contribution in [1.82, 2.24) is 9.97 Å². The second-order valence-electron chi connectivity index (χ2n) is 12.5. The lowest BCUT2D eigenvalue weighted by atomic mass is 9.88. The number of hydrogen-bond donors (Lipinski definition) is 0. The van der Waals surface area contributed by atoms with Crippen molar-refractivity contribution in [2.24, 2.45) is 0 Å². The van der Waals surface area contributed by atoms with E-state index in [0.717, 1.165) is 38.9 Å². The maximum atomic E-state index is 9.56. The Kier molecular flexibility index (Phi) is 6.11. The Morgan fingerprint density at radius 3 is 1.63 bits per heavy atom. The molecule has 8 aromatic carbocycles. The summed E-state index contributed by atoms with van der Waals surface area (Å²) in [6.45, 7) is 0. The fourth-order valence-corrected chi connectivity index (χ4v) is 8.41. The van der Waals surface area contributed by atoms with Crippen LogP contribution in [0.1, 0.15) is 5.56 Å². The van der Waals surface area contributed by atoms with Gasteiger partial charge in [-0.1, -0.05) is 109 Å². The maximum Gasteiger partial charge on any atom is 0.161 e. The van der Waals surface area contributed by atoms with Crippen molar-refractivity contribution in [3.05, 3.63) is 157 Å². The van der Waals surface area contributed by atoms with Gasteiger partial charge in [-0.25, -0.2) is 9.97 Å². The van der Waals surface area contributed by atoms with E-state index in [9.17, 15) is 5.26 Å². The van der Waals surface area contributed by atoms with Gasteiger partial charge in [-0.2, -0.15) is 5.26 Å². The summed E-state index contributed by atoms with van der Waals surface area (Å²) in [6, 6.07) is 55.6. The highest BCUT2D eigenvalue weighted by Gasteiger charge is 2.18. The fourth-order valence-electron chi connectivity index (χ4n) is 7.34. The van der Waals surface area contributed by atoms with Gasteiger partial charge < -0.3 is 0 Å². The standard InChI is InChI=1S/C45H25N3S/c46-26-27-11-21-41-37(23-27)38-24-32(16-22-42(38)49-41)33-17-12-30-14-19-35-36(20-15-31-13-18-34(33)43(30)44(31)35)45-47-39(28-7-3-1-4-8-28)25-40(48-45)29-9-5-2-6-10-29/h1-25H. The molecule has 2 heterocycles. The zero-order valence-electron chi connectivity index (χ0n) is 26.2. The second kappa shape index (κ2) is 10.8. The van der Waals surface area contributed by atoms with Gasteiger partial charge in [0.05, 0.1) is 23.0 Å². The van der Waals surface area contributed by atoms with Crippen LogP contribution in [-0.2, 0) is 0 Å². The molecule has 0 amide bonds. The summed E-state index contributed by atoms with van der Waals surface area (Å²) < 4.78 is 2.42. The molecule has 10 aromatic rings. The molecule has 4 heteroatoms. The van der Waals surface area contributed by atoms with Crippen LogP contribution < -0.4 is 0 Å². The van der Waals surface area contributed by atoms with Crippen LogP contribution in [0.4, 0.5) is 0 Å². The minimum atomic E-state index is 0.685. The summed E-state index contributed by atoms with van der Waals surface area (Å²) in [5, 5.41) is 19.1. The average molecular weight is 640 g/mol. The Morgan fingerprint density at radius 2 is 1.00 bits per heavy atom. The molecule has 3 nitrogen and oxygen atoms in total. The van der Waals surface area contributed by atoms with Gasteiger partial charge in [-0.3, -0.25) is 0 Å². The van der Waals surface area contributed by atoms with Gasteiger partial charge in [0.25, 0.3) is 0 Å². The molecule has 49 heavy (non-hydrogen) atoms. The van der Waals surface area contributed by atoms with Gasteiger partial charge in [0.1, 0.15) is 0 Å². The lowest BCUT2D eigenvalue weighted by Crippen LogP contribution is -1.97. The van der Waals surface area contributed by atoms with Crippen molar-refractivity contribution >= 4 is 63.8 Å². The summed E-state index contributed by atoms with van der Waals surface area (Å²) in [7, 11) is 0. The number of hydrogen-bond acceptors (Lipinski definition) is 4. The van der Waals surface area contributed by atoms with Crippen molar-refractivity contribution < 1.29 is 0 Å². The van der Waals surface area contributed by atoms with Crippen LogP contribution in [0.2, 0.25) is 0 Å². The van der Waals surface area contributed by atoms with Gasteiger partial charge in [-0.15, -0.1) is 11.3 Å². The smallest absolute Gasteiger partial charge is 0.161 e. The minimum Gasteiger partial charge on any atom is -0.228 e. The molecule has 0 unspecified atom stereocenters. The molecule has 0 saturated heterocycles. The van der Waals surface area contributed by atoms with Crippen LogP contribution >= 0.6 is 11.3 Å². The summed E-state index contributed by atoms with van der Waals surface area (Å²) in [5.41, 5.74) is 7.98. The molecule has 0 aliphatic carbocycles.